The first-order valence-corrected chi connectivity index (χ1v) is 7.62. The van der Waals surface area contributed by atoms with Crippen molar-refractivity contribution in [3.05, 3.63) is 35.0 Å². The molecule has 2 aliphatic rings. The van der Waals surface area contributed by atoms with Crippen molar-refractivity contribution in [1.29, 1.82) is 5.26 Å². The number of piperidine rings is 1. The van der Waals surface area contributed by atoms with E-state index in [4.69, 9.17) is 0 Å². The predicted molar refractivity (Wildman–Crippen MR) is 81.4 cm³/mol. The number of carbonyl (C=O) groups is 1. The zero-order valence-electron chi connectivity index (χ0n) is 12.1. The van der Waals surface area contributed by atoms with E-state index in [2.05, 4.69) is 17.2 Å². The van der Waals surface area contributed by atoms with Gasteiger partial charge in [0.15, 0.2) is 12.5 Å². The Morgan fingerprint density at radius 3 is 3.09 bits per heavy atom. The molecule has 5 nitrogen and oxygen atoms in total. The fraction of sp³-hybridized carbons (Fsp3) is 0.412. The summed E-state index contributed by atoms with van der Waals surface area (Å²) in [6.45, 7) is 0.706. The third-order valence-electron chi connectivity index (χ3n) is 5.22. The van der Waals surface area contributed by atoms with Crippen molar-refractivity contribution in [2.75, 3.05) is 13.2 Å². The van der Waals surface area contributed by atoms with E-state index < -0.39 is 0 Å². The number of nitrogens with one attached hydrogen (secondary N) is 1. The van der Waals surface area contributed by atoms with Crippen LogP contribution < -0.4 is 0 Å². The van der Waals surface area contributed by atoms with Crippen molar-refractivity contribution in [3.8, 4) is 6.19 Å². The minimum absolute atomic E-state index is 0.0837. The maximum Gasteiger partial charge on any atom is 0.179 e. The summed E-state index contributed by atoms with van der Waals surface area (Å²) in [6, 6.07) is 6.17. The molecular weight excluding hydrogens is 278 g/mol. The molecule has 112 valence electrons. The smallest absolute Gasteiger partial charge is 0.179 e. The number of rotatable bonds is 2. The van der Waals surface area contributed by atoms with Crippen LogP contribution in [0.15, 0.2) is 18.2 Å². The minimum Gasteiger partial charge on any atom is -0.396 e. The van der Waals surface area contributed by atoms with E-state index in [1.807, 2.05) is 12.1 Å². The number of aldehydes is 1. The van der Waals surface area contributed by atoms with Crippen LogP contribution >= 0.6 is 0 Å². The number of aromatic nitrogens is 1. The molecule has 1 aliphatic carbocycles. The maximum atomic E-state index is 11.4. The Morgan fingerprint density at radius 1 is 1.50 bits per heavy atom. The highest BCUT2D eigenvalue weighted by atomic mass is 16.3. The largest absolute Gasteiger partial charge is 0.396 e. The summed E-state index contributed by atoms with van der Waals surface area (Å²) >= 11 is 0. The van der Waals surface area contributed by atoms with Gasteiger partial charge in [0.1, 0.15) is 0 Å². The molecule has 1 saturated heterocycles. The first-order valence-electron chi connectivity index (χ1n) is 7.62. The van der Waals surface area contributed by atoms with Gasteiger partial charge in [0, 0.05) is 35.9 Å². The van der Waals surface area contributed by atoms with Gasteiger partial charge in [-0.05, 0) is 30.0 Å². The number of H-pyrrole nitrogens is 1. The van der Waals surface area contributed by atoms with Crippen LogP contribution in [0.3, 0.4) is 0 Å². The van der Waals surface area contributed by atoms with Gasteiger partial charge in [-0.3, -0.25) is 4.79 Å². The van der Waals surface area contributed by atoms with E-state index >= 15 is 0 Å². The summed E-state index contributed by atoms with van der Waals surface area (Å²) in [5.41, 5.74) is 3.85. The van der Waals surface area contributed by atoms with E-state index in [0.29, 0.717) is 18.7 Å². The molecule has 1 unspecified atom stereocenters. The van der Waals surface area contributed by atoms with E-state index in [9.17, 15) is 15.2 Å². The molecule has 2 aromatic rings. The predicted octanol–water partition coefficient (Wildman–Crippen LogP) is 1.78. The lowest BCUT2D eigenvalue weighted by Gasteiger charge is -2.44. The summed E-state index contributed by atoms with van der Waals surface area (Å²) in [7, 11) is 0. The fourth-order valence-corrected chi connectivity index (χ4v) is 4.25. The van der Waals surface area contributed by atoms with Gasteiger partial charge < -0.3 is 15.0 Å². The van der Waals surface area contributed by atoms with Crippen LogP contribution in [-0.2, 0) is 6.42 Å². The Bertz CT molecular complexity index is 789. The Morgan fingerprint density at radius 2 is 2.36 bits per heavy atom. The quantitative estimate of drug-likeness (QED) is 0.654. The molecule has 2 heterocycles. The van der Waals surface area contributed by atoms with Crippen molar-refractivity contribution in [3.63, 3.8) is 0 Å². The summed E-state index contributed by atoms with van der Waals surface area (Å²) in [5.74, 6) is 0.360. The molecule has 0 spiro atoms. The molecule has 0 amide bonds. The van der Waals surface area contributed by atoms with Gasteiger partial charge in [0.25, 0.3) is 0 Å². The average Bonchev–Trinajstić information content (AvgIpc) is 2.93. The number of likely N-dealkylation sites (tertiary alicyclic amines) is 1. The third kappa shape index (κ3) is 1.71. The van der Waals surface area contributed by atoms with Crippen LogP contribution in [0, 0.1) is 17.4 Å². The van der Waals surface area contributed by atoms with Crippen LogP contribution in [0.4, 0.5) is 0 Å². The van der Waals surface area contributed by atoms with Crippen molar-refractivity contribution in [2.24, 2.45) is 5.92 Å². The lowest BCUT2D eigenvalue weighted by atomic mass is 9.72. The van der Waals surface area contributed by atoms with Crippen LogP contribution in [-0.4, -0.2) is 40.5 Å². The molecule has 0 saturated carbocycles. The van der Waals surface area contributed by atoms with Crippen LogP contribution in [0.2, 0.25) is 0 Å². The Kier molecular flexibility index (Phi) is 2.95. The number of nitriles is 1. The van der Waals surface area contributed by atoms with Crippen molar-refractivity contribution >= 4 is 17.2 Å². The summed E-state index contributed by atoms with van der Waals surface area (Å²) in [5, 5.41) is 20.2. The van der Waals surface area contributed by atoms with Crippen LogP contribution in [0.25, 0.3) is 10.9 Å². The minimum atomic E-state index is 0.0837. The topological polar surface area (TPSA) is 80.1 Å². The monoisotopic (exact) mass is 295 g/mol. The van der Waals surface area contributed by atoms with Gasteiger partial charge in [-0.25, -0.2) is 0 Å². The summed E-state index contributed by atoms with van der Waals surface area (Å²) in [4.78, 5) is 16.3. The average molecular weight is 295 g/mol. The zero-order valence-corrected chi connectivity index (χ0v) is 12.1. The molecule has 5 heteroatoms. The lowest BCUT2D eigenvalue weighted by molar-refractivity contribution is 0.0973. The lowest BCUT2D eigenvalue weighted by Crippen LogP contribution is -2.48. The maximum absolute atomic E-state index is 11.4. The number of benzene rings is 1. The first-order chi connectivity index (χ1) is 10.8. The van der Waals surface area contributed by atoms with Gasteiger partial charge in [0.2, 0.25) is 0 Å². The van der Waals surface area contributed by atoms with E-state index in [-0.39, 0.29) is 24.5 Å². The molecule has 0 radical (unpaired) electrons. The normalized spacial score (nSPS) is 26.5. The second kappa shape index (κ2) is 4.85. The zero-order chi connectivity index (χ0) is 15.3. The van der Waals surface area contributed by atoms with E-state index in [1.165, 1.54) is 5.56 Å². The number of nitrogens with zero attached hydrogens (tertiary/aromatic N) is 2. The molecule has 22 heavy (non-hydrogen) atoms. The molecule has 1 aromatic heterocycles. The van der Waals surface area contributed by atoms with Crippen LogP contribution in [0.1, 0.15) is 34.0 Å². The molecule has 4 rings (SSSR count). The summed E-state index contributed by atoms with van der Waals surface area (Å²) < 4.78 is 0. The van der Waals surface area contributed by atoms with E-state index in [1.54, 1.807) is 4.90 Å². The number of carbonyl (C=O) groups excluding carboxylic acids is 1. The number of fused-ring (bicyclic) bond motifs is 2. The van der Waals surface area contributed by atoms with Gasteiger partial charge >= 0.3 is 0 Å². The Hall–Kier alpha value is -2.32. The van der Waals surface area contributed by atoms with Gasteiger partial charge in [-0.15, -0.1) is 0 Å². The van der Waals surface area contributed by atoms with Gasteiger partial charge in [0.05, 0.1) is 11.7 Å². The number of aliphatic hydroxyl groups excluding tert-OH is 1. The second-order valence-corrected chi connectivity index (χ2v) is 6.32. The number of aliphatic hydroxyl groups is 1. The number of aromatic amines is 1. The molecule has 2 N–H and O–H groups in total. The Labute approximate surface area is 128 Å². The SMILES string of the molecule is N#CN1CC(CO)C[C@@H]2c3cccc4[nH]c(C=O)c(c34)C[C@H]21. The number of hydrogen-bond acceptors (Lipinski definition) is 4. The van der Waals surface area contributed by atoms with Gasteiger partial charge in [-0.2, -0.15) is 5.26 Å². The standard InChI is InChI=1S/C17H17N3O2/c18-9-20-6-10(7-21)4-12-11-2-1-3-14-17(11)13(5-16(12)20)15(8-22)19-14/h1-3,8,10,12,16,19,21H,4-7H2/t10?,12-,16-/m1/s1. The highest BCUT2D eigenvalue weighted by Gasteiger charge is 2.41. The van der Waals surface area contributed by atoms with Crippen molar-refractivity contribution in [2.45, 2.75) is 24.8 Å². The molecular formula is C17H17N3O2. The molecule has 0 bridgehead atoms. The van der Waals surface area contributed by atoms with Crippen molar-refractivity contribution in [1.82, 2.24) is 9.88 Å². The summed E-state index contributed by atoms with van der Waals surface area (Å²) in [6.07, 6.45) is 4.75. The van der Waals surface area contributed by atoms with Crippen molar-refractivity contribution < 1.29 is 9.90 Å². The molecule has 1 aromatic carbocycles. The number of hydrogen-bond donors (Lipinski definition) is 2. The Balaban J connectivity index is 1.91. The second-order valence-electron chi connectivity index (χ2n) is 6.32. The molecule has 1 aliphatic heterocycles. The molecule has 3 atom stereocenters. The fourth-order valence-electron chi connectivity index (χ4n) is 4.25. The van der Waals surface area contributed by atoms with E-state index in [0.717, 1.165) is 29.2 Å². The molecule has 1 fully saturated rings. The third-order valence-corrected chi connectivity index (χ3v) is 5.22. The first kappa shape index (κ1) is 13.4. The highest BCUT2D eigenvalue weighted by Crippen LogP contribution is 2.45. The highest BCUT2D eigenvalue weighted by molar-refractivity contribution is 5.95. The van der Waals surface area contributed by atoms with Crippen LogP contribution in [0.5, 0.6) is 0 Å². The van der Waals surface area contributed by atoms with Gasteiger partial charge in [-0.1, -0.05) is 12.1 Å².